The second-order valence-electron chi connectivity index (χ2n) is 4.56. The minimum atomic E-state index is -1.01. The van der Waals surface area contributed by atoms with Crippen LogP contribution in [0.2, 0.25) is 0 Å². The van der Waals surface area contributed by atoms with Gasteiger partial charge in [0.25, 0.3) is 0 Å². The Kier molecular flexibility index (Phi) is 7.02. The van der Waals surface area contributed by atoms with Crippen LogP contribution >= 0.6 is 0 Å². The van der Waals surface area contributed by atoms with E-state index in [1.54, 1.807) is 6.08 Å². The lowest BCUT2D eigenvalue weighted by Crippen LogP contribution is -2.48. The first kappa shape index (κ1) is 15.5. The molecule has 0 aromatic carbocycles. The maximum Gasteiger partial charge on any atom is 0.326 e. The summed E-state index contributed by atoms with van der Waals surface area (Å²) >= 11 is 0. The van der Waals surface area contributed by atoms with Crippen molar-refractivity contribution >= 4 is 12.0 Å². The highest BCUT2D eigenvalue weighted by atomic mass is 16.4. The van der Waals surface area contributed by atoms with Gasteiger partial charge in [0.2, 0.25) is 0 Å². The Hall–Kier alpha value is -1.52. The zero-order chi connectivity index (χ0) is 13.4. The highest BCUT2D eigenvalue weighted by molar-refractivity contribution is 5.82. The van der Waals surface area contributed by atoms with Crippen molar-refractivity contribution in [1.82, 2.24) is 10.6 Å². The van der Waals surface area contributed by atoms with Gasteiger partial charge in [0.15, 0.2) is 0 Å². The van der Waals surface area contributed by atoms with Gasteiger partial charge in [0.05, 0.1) is 0 Å². The van der Waals surface area contributed by atoms with E-state index >= 15 is 0 Å². The van der Waals surface area contributed by atoms with Crippen molar-refractivity contribution in [2.75, 3.05) is 0 Å². The van der Waals surface area contributed by atoms with Gasteiger partial charge in [-0.3, -0.25) is 0 Å². The molecule has 0 aliphatic rings. The minimum absolute atomic E-state index is 0.0546. The number of aliphatic carboxylic acids is 1. The van der Waals surface area contributed by atoms with Gasteiger partial charge in [-0.1, -0.05) is 19.9 Å². The molecule has 0 rings (SSSR count). The zero-order valence-corrected chi connectivity index (χ0v) is 10.7. The van der Waals surface area contributed by atoms with Crippen LogP contribution in [-0.4, -0.2) is 29.2 Å². The molecular formula is C12H22N2O3. The molecule has 98 valence electrons. The molecule has 0 aromatic heterocycles. The van der Waals surface area contributed by atoms with Gasteiger partial charge in [-0.15, -0.1) is 6.58 Å². The second-order valence-corrected chi connectivity index (χ2v) is 4.56. The first-order valence-electron chi connectivity index (χ1n) is 5.77. The Labute approximate surface area is 102 Å². The van der Waals surface area contributed by atoms with E-state index in [1.807, 2.05) is 20.8 Å². The van der Waals surface area contributed by atoms with Crippen molar-refractivity contribution in [3.05, 3.63) is 12.7 Å². The average Bonchev–Trinajstić information content (AvgIpc) is 2.15. The van der Waals surface area contributed by atoms with E-state index in [2.05, 4.69) is 17.2 Å². The highest BCUT2D eigenvalue weighted by Crippen LogP contribution is 2.04. The molecule has 0 aliphatic heterocycles. The molecule has 3 N–H and O–H groups in total. The fourth-order valence-corrected chi connectivity index (χ4v) is 1.43. The lowest BCUT2D eigenvalue weighted by atomic mass is 10.0. The van der Waals surface area contributed by atoms with E-state index in [1.165, 1.54) is 0 Å². The highest BCUT2D eigenvalue weighted by Gasteiger charge is 2.21. The number of hydrogen-bond donors (Lipinski definition) is 3. The van der Waals surface area contributed by atoms with Crippen molar-refractivity contribution in [2.24, 2.45) is 5.92 Å². The molecule has 0 heterocycles. The summed E-state index contributed by atoms with van der Waals surface area (Å²) in [5, 5.41) is 14.1. The number of urea groups is 1. The molecule has 2 atom stereocenters. The van der Waals surface area contributed by atoms with Crippen LogP contribution in [0.25, 0.3) is 0 Å². The predicted molar refractivity (Wildman–Crippen MR) is 66.8 cm³/mol. The number of carboxylic acids is 1. The van der Waals surface area contributed by atoms with Crippen molar-refractivity contribution in [3.8, 4) is 0 Å². The molecule has 0 saturated carbocycles. The molecule has 1 unspecified atom stereocenters. The molecule has 0 radical (unpaired) electrons. The van der Waals surface area contributed by atoms with Crippen LogP contribution in [0, 0.1) is 5.92 Å². The number of carboxylic acid groups (broad SMARTS) is 1. The van der Waals surface area contributed by atoms with E-state index in [4.69, 9.17) is 5.11 Å². The second kappa shape index (κ2) is 7.70. The van der Waals surface area contributed by atoms with Crippen LogP contribution in [0.4, 0.5) is 4.79 Å². The molecule has 0 aromatic rings. The standard InChI is InChI=1S/C12H22N2O3/c1-5-6-9(4)13-12(17)14-10(11(15)16)7-8(2)3/h5,8-10H,1,6-7H2,2-4H3,(H,15,16)(H2,13,14,17)/t9?,10-/m1/s1. The van der Waals surface area contributed by atoms with Gasteiger partial charge in [-0.2, -0.15) is 0 Å². The van der Waals surface area contributed by atoms with E-state index in [9.17, 15) is 9.59 Å². The van der Waals surface area contributed by atoms with Gasteiger partial charge in [-0.25, -0.2) is 9.59 Å². The summed E-state index contributed by atoms with van der Waals surface area (Å²) in [5.74, 6) is -0.799. The van der Waals surface area contributed by atoms with Gasteiger partial charge in [0.1, 0.15) is 6.04 Å². The average molecular weight is 242 g/mol. The number of nitrogens with one attached hydrogen (secondary N) is 2. The molecular weight excluding hydrogens is 220 g/mol. The van der Waals surface area contributed by atoms with Crippen LogP contribution in [0.3, 0.4) is 0 Å². The smallest absolute Gasteiger partial charge is 0.326 e. The predicted octanol–water partition coefficient (Wildman–Crippen LogP) is 1.75. The lowest BCUT2D eigenvalue weighted by Gasteiger charge is -2.18. The monoisotopic (exact) mass is 242 g/mol. The summed E-state index contributed by atoms with van der Waals surface area (Å²) in [6.07, 6.45) is 2.77. The quantitative estimate of drug-likeness (QED) is 0.595. The largest absolute Gasteiger partial charge is 0.480 e. The Balaban J connectivity index is 4.21. The maximum atomic E-state index is 11.5. The van der Waals surface area contributed by atoms with E-state index in [-0.39, 0.29) is 12.0 Å². The molecule has 0 bridgehead atoms. The summed E-state index contributed by atoms with van der Waals surface area (Å²) in [6.45, 7) is 9.23. The lowest BCUT2D eigenvalue weighted by molar-refractivity contribution is -0.139. The molecule has 0 aliphatic carbocycles. The molecule has 17 heavy (non-hydrogen) atoms. The van der Waals surface area contributed by atoms with Crippen molar-refractivity contribution in [1.29, 1.82) is 0 Å². The summed E-state index contributed by atoms with van der Waals surface area (Å²) in [4.78, 5) is 22.4. The summed E-state index contributed by atoms with van der Waals surface area (Å²) in [7, 11) is 0. The van der Waals surface area contributed by atoms with Crippen LogP contribution in [0.1, 0.15) is 33.6 Å². The Morgan fingerprint density at radius 3 is 2.29 bits per heavy atom. The summed E-state index contributed by atoms with van der Waals surface area (Å²) in [6, 6.07) is -1.35. The maximum absolute atomic E-state index is 11.5. The van der Waals surface area contributed by atoms with Crippen LogP contribution in [0.5, 0.6) is 0 Å². The Bertz CT molecular complexity index is 277. The SMILES string of the molecule is C=CCC(C)NC(=O)N[C@H](CC(C)C)C(=O)O. The molecule has 5 heteroatoms. The fraction of sp³-hybridized carbons (Fsp3) is 0.667. The molecule has 5 nitrogen and oxygen atoms in total. The molecule has 0 spiro atoms. The summed E-state index contributed by atoms with van der Waals surface area (Å²) < 4.78 is 0. The fourth-order valence-electron chi connectivity index (χ4n) is 1.43. The number of hydrogen-bond acceptors (Lipinski definition) is 2. The zero-order valence-electron chi connectivity index (χ0n) is 10.7. The molecule has 0 fully saturated rings. The first-order chi connectivity index (χ1) is 7.86. The third-order valence-corrected chi connectivity index (χ3v) is 2.21. The third-order valence-electron chi connectivity index (χ3n) is 2.21. The van der Waals surface area contributed by atoms with Crippen molar-refractivity contribution < 1.29 is 14.7 Å². The summed E-state index contributed by atoms with van der Waals surface area (Å²) in [5.41, 5.74) is 0. The van der Waals surface area contributed by atoms with Crippen molar-refractivity contribution in [3.63, 3.8) is 0 Å². The van der Waals surface area contributed by atoms with Crippen molar-refractivity contribution in [2.45, 2.75) is 45.7 Å². The molecule has 2 amide bonds. The normalized spacial score (nSPS) is 13.9. The minimum Gasteiger partial charge on any atom is -0.480 e. The number of amides is 2. The van der Waals surface area contributed by atoms with Crippen LogP contribution < -0.4 is 10.6 Å². The van der Waals surface area contributed by atoms with E-state index in [0.29, 0.717) is 12.8 Å². The number of carbonyl (C=O) groups is 2. The van der Waals surface area contributed by atoms with E-state index < -0.39 is 18.0 Å². The van der Waals surface area contributed by atoms with Crippen LogP contribution in [0.15, 0.2) is 12.7 Å². The Morgan fingerprint density at radius 2 is 1.88 bits per heavy atom. The van der Waals surface area contributed by atoms with E-state index in [0.717, 1.165) is 0 Å². The Morgan fingerprint density at radius 1 is 1.29 bits per heavy atom. The first-order valence-corrected chi connectivity index (χ1v) is 5.77. The third kappa shape index (κ3) is 7.38. The van der Waals surface area contributed by atoms with Gasteiger partial charge in [-0.05, 0) is 25.7 Å². The number of carbonyl (C=O) groups excluding carboxylic acids is 1. The topological polar surface area (TPSA) is 78.4 Å². The van der Waals surface area contributed by atoms with Crippen LogP contribution in [-0.2, 0) is 4.79 Å². The van der Waals surface area contributed by atoms with Gasteiger partial charge < -0.3 is 15.7 Å². The van der Waals surface area contributed by atoms with Gasteiger partial charge >= 0.3 is 12.0 Å². The molecule has 0 saturated heterocycles. The number of rotatable bonds is 7. The van der Waals surface area contributed by atoms with Gasteiger partial charge in [0, 0.05) is 6.04 Å².